The van der Waals surface area contributed by atoms with Crippen LogP contribution in [0, 0.1) is 22.7 Å². The van der Waals surface area contributed by atoms with Crippen molar-refractivity contribution in [3.8, 4) is 12.1 Å². The molecular formula is C40H42N14O9P2S2. The van der Waals surface area contributed by atoms with E-state index in [1.807, 2.05) is 18.2 Å². The van der Waals surface area contributed by atoms with Crippen molar-refractivity contribution in [1.82, 2.24) is 44.1 Å². The van der Waals surface area contributed by atoms with Crippen LogP contribution < -0.4 is 21.2 Å². The van der Waals surface area contributed by atoms with Crippen molar-refractivity contribution in [2.45, 2.75) is 62.5 Å². The number of aliphatic hydroxyl groups is 1. The Hall–Kier alpha value is -5.60. The third-order valence-corrected chi connectivity index (χ3v) is 14.7. The molecule has 2 aliphatic rings. The van der Waals surface area contributed by atoms with Gasteiger partial charge in [0.1, 0.15) is 31.1 Å². The summed E-state index contributed by atoms with van der Waals surface area (Å²) in [5.41, 5.74) is 8.30. The van der Waals surface area contributed by atoms with E-state index in [1.165, 1.54) is 23.5 Å². The molecule has 0 bridgehead atoms. The van der Waals surface area contributed by atoms with Gasteiger partial charge in [-0.2, -0.15) is 10.5 Å². The normalized spacial score (nSPS) is 22.1. The molecule has 27 heteroatoms. The van der Waals surface area contributed by atoms with Crippen LogP contribution in [0.5, 0.6) is 0 Å². The molecule has 2 fully saturated rings. The fourth-order valence-electron chi connectivity index (χ4n) is 7.23. The van der Waals surface area contributed by atoms with E-state index >= 15 is 0 Å². The fraction of sp³-hybridized carbons (Fsp3) is 0.350. The monoisotopic (exact) mass is 988 g/mol. The lowest BCUT2D eigenvalue weighted by Gasteiger charge is -2.30. The van der Waals surface area contributed by atoms with Gasteiger partial charge in [-0.15, -0.1) is 0 Å². The minimum Gasteiger partial charge on any atom is -0.387 e. The molecule has 6 aromatic rings. The lowest BCUT2D eigenvalue weighted by molar-refractivity contribution is -0.0462. The summed E-state index contributed by atoms with van der Waals surface area (Å²) in [6.45, 7) is -7.56. The number of nitrogens with two attached hydrogens (primary N) is 1. The minimum absolute atomic E-state index is 0.0201. The van der Waals surface area contributed by atoms with E-state index < -0.39 is 56.0 Å². The number of aromatic nitrogens is 8. The van der Waals surface area contributed by atoms with Gasteiger partial charge in [0.05, 0.1) is 76.2 Å². The number of fused-ring (bicyclic) bond motifs is 2. The number of imidazole rings is 2. The van der Waals surface area contributed by atoms with Crippen LogP contribution in [-0.2, 0) is 51.2 Å². The molecule has 0 radical (unpaired) electrons. The van der Waals surface area contributed by atoms with Crippen LogP contribution >= 0.6 is 13.3 Å². The number of nitrogens with zero attached hydrogens (tertiary/aromatic N) is 10. The second-order valence-electron chi connectivity index (χ2n) is 14.8. The predicted molar refractivity (Wildman–Crippen MR) is 246 cm³/mol. The largest absolute Gasteiger partial charge is 0.387 e. The Morgan fingerprint density at radius 2 is 1.33 bits per heavy atom. The summed E-state index contributed by atoms with van der Waals surface area (Å²) < 4.78 is 39.9. The van der Waals surface area contributed by atoms with Crippen LogP contribution in [0.1, 0.15) is 58.9 Å². The molecule has 2 amide bonds. The summed E-state index contributed by atoms with van der Waals surface area (Å²) >= 11 is 11.4. The first kappa shape index (κ1) is 47.9. The minimum atomic E-state index is -3.62. The van der Waals surface area contributed by atoms with Gasteiger partial charge in [-0.1, -0.05) is 36.4 Å². The van der Waals surface area contributed by atoms with Crippen LogP contribution in [-0.4, -0.2) is 107 Å². The zero-order valence-corrected chi connectivity index (χ0v) is 38.6. The lowest BCUT2D eigenvalue weighted by atomic mass is 10.1. The number of benzene rings is 2. The predicted octanol–water partition coefficient (Wildman–Crippen LogP) is 4.37. The van der Waals surface area contributed by atoms with Crippen molar-refractivity contribution in [2.75, 3.05) is 37.1 Å². The highest BCUT2D eigenvalue weighted by molar-refractivity contribution is 8.09. The van der Waals surface area contributed by atoms with Gasteiger partial charge in [-0.05, 0) is 60.7 Å². The van der Waals surface area contributed by atoms with Crippen LogP contribution in [0.25, 0.3) is 22.3 Å². The summed E-state index contributed by atoms with van der Waals surface area (Å²) in [7, 11) is 0. The average molecular weight is 989 g/mol. The van der Waals surface area contributed by atoms with Crippen molar-refractivity contribution in [2.24, 2.45) is 5.50 Å². The number of nitrogens with one attached hydrogen (secondary N) is 3. The van der Waals surface area contributed by atoms with Crippen LogP contribution in [0.4, 0.5) is 11.6 Å². The van der Waals surface area contributed by atoms with E-state index in [4.69, 9.17) is 61.9 Å². The molecule has 0 spiro atoms. The van der Waals surface area contributed by atoms with E-state index in [0.29, 0.717) is 35.1 Å². The van der Waals surface area contributed by atoms with Gasteiger partial charge in [0, 0.05) is 11.1 Å². The quantitative estimate of drug-likeness (QED) is 0.0524. The molecule has 6 heterocycles. The molecule has 0 saturated carbocycles. The summed E-state index contributed by atoms with van der Waals surface area (Å²) in [5, 5.41) is 39.2. The Labute approximate surface area is 392 Å². The lowest BCUT2D eigenvalue weighted by Crippen LogP contribution is -2.45. The molecule has 6 N–H and O–H groups in total. The third-order valence-electron chi connectivity index (χ3n) is 10.4. The van der Waals surface area contributed by atoms with Crippen molar-refractivity contribution < 1.29 is 42.3 Å². The van der Waals surface area contributed by atoms with Crippen LogP contribution in [0.15, 0.2) is 86.0 Å². The van der Waals surface area contributed by atoms with Crippen molar-refractivity contribution >= 4 is 82.7 Å². The van der Waals surface area contributed by atoms with Gasteiger partial charge < -0.3 is 43.3 Å². The maximum atomic E-state index is 13.0. The molecule has 8 atom stereocenters. The van der Waals surface area contributed by atoms with Gasteiger partial charge in [0.25, 0.3) is 25.1 Å². The third kappa shape index (κ3) is 11.4. The number of ether oxygens (including phenoxy) is 2. The zero-order chi connectivity index (χ0) is 47.0. The second kappa shape index (κ2) is 21.6. The molecule has 0 aliphatic carbocycles. The molecule has 4 aromatic heterocycles. The molecule has 348 valence electrons. The van der Waals surface area contributed by atoms with E-state index in [1.54, 1.807) is 65.5 Å². The van der Waals surface area contributed by atoms with Crippen molar-refractivity contribution in [3.05, 3.63) is 97.1 Å². The molecule has 2 aliphatic heterocycles. The van der Waals surface area contributed by atoms with Gasteiger partial charge in [-0.3, -0.25) is 24.2 Å². The molecular weight excluding hydrogens is 947 g/mol. The zero-order valence-electron chi connectivity index (χ0n) is 35.2. The standard InChI is InChI=1S/C40H42N14O9P2S2/c41-15-7-17-58-64(43,66)60-20-28-30(33(55)40(63-28)54-24-49-32-35(45-22-47-37(32)54)51-39(57)26-11-5-2-6-12-26)52-65(67,59-18-8-16-42)61-19-27-13-14-29(62-27)53-23-48-31-34(44-21-46-36(31)53)50-38(56)25-9-3-1-4-10-25/h1-6,9-12,21-24,27-30,33,40,55H,7-8,13-14,17-20H2,(H2,43,66)(H,52,67)(H,44,46,50,56)(H,45,47,51,57)/t27-,28+,29+,30+,33+,40+,64?,65?/m0/s1. The highest BCUT2D eigenvalue weighted by Gasteiger charge is 2.48. The highest BCUT2D eigenvalue weighted by atomic mass is 32.5. The van der Waals surface area contributed by atoms with Gasteiger partial charge in [0.2, 0.25) is 0 Å². The highest BCUT2D eigenvalue weighted by Crippen LogP contribution is 2.49. The number of rotatable bonds is 20. The Morgan fingerprint density at radius 1 is 0.761 bits per heavy atom. The smallest absolute Gasteiger partial charge is 0.261 e. The number of hydrogen-bond acceptors (Lipinski definition) is 19. The summed E-state index contributed by atoms with van der Waals surface area (Å²) in [6.07, 6.45) is 1.93. The summed E-state index contributed by atoms with van der Waals surface area (Å²) in [6, 6.07) is 20.2. The first-order valence-corrected chi connectivity index (χ1v) is 26.0. The van der Waals surface area contributed by atoms with Gasteiger partial charge in [0.15, 0.2) is 40.2 Å². The number of nitriles is 2. The van der Waals surface area contributed by atoms with Gasteiger partial charge in [-0.25, -0.2) is 35.0 Å². The number of carbonyl (C=O) groups is 2. The Bertz CT molecular complexity index is 2900. The van der Waals surface area contributed by atoms with E-state index in [9.17, 15) is 20.0 Å². The van der Waals surface area contributed by atoms with E-state index in [0.717, 1.165) is 0 Å². The number of hydrogen-bond donors (Lipinski definition) is 5. The average Bonchev–Trinajstić information content (AvgIpc) is 4.15. The second-order valence-corrected chi connectivity index (χ2v) is 21.2. The number of anilines is 2. The van der Waals surface area contributed by atoms with E-state index in [2.05, 4.69) is 45.6 Å². The molecule has 23 nitrogen and oxygen atoms in total. The van der Waals surface area contributed by atoms with E-state index in [-0.39, 0.29) is 68.0 Å². The van der Waals surface area contributed by atoms with Crippen molar-refractivity contribution in [3.63, 3.8) is 0 Å². The Morgan fingerprint density at radius 3 is 1.93 bits per heavy atom. The number of amides is 2. The van der Waals surface area contributed by atoms with Crippen LogP contribution in [0.3, 0.4) is 0 Å². The first-order chi connectivity index (χ1) is 32.5. The summed E-state index contributed by atoms with van der Waals surface area (Å²) in [5.74, 6) is -0.410. The maximum absolute atomic E-state index is 13.0. The van der Waals surface area contributed by atoms with Crippen LogP contribution in [0.2, 0.25) is 0 Å². The first-order valence-electron chi connectivity index (χ1n) is 20.6. The topological polar surface area (TPSA) is 307 Å². The maximum Gasteiger partial charge on any atom is 0.261 e. The number of carbonyl (C=O) groups excluding carboxylic acids is 2. The molecule has 8 rings (SSSR count). The Balaban J connectivity index is 0.993. The number of aliphatic hydroxyl groups excluding tert-OH is 1. The molecule has 2 unspecified atom stereocenters. The van der Waals surface area contributed by atoms with Gasteiger partial charge >= 0.3 is 0 Å². The molecule has 2 aromatic carbocycles. The Kier molecular flexibility index (Phi) is 15.4. The fourth-order valence-corrected chi connectivity index (χ4v) is 10.8. The summed E-state index contributed by atoms with van der Waals surface area (Å²) in [4.78, 5) is 52.2. The van der Waals surface area contributed by atoms with Crippen molar-refractivity contribution in [1.29, 1.82) is 10.5 Å². The molecule has 67 heavy (non-hydrogen) atoms. The molecule has 2 saturated heterocycles. The SMILES string of the molecule is N#CCCOP(N)(=S)OC[C@H]1O[C@@H](n2cnc3c(NC(=O)c4ccccc4)ncnc32)[C@H](O)[C@@H]1NP(=S)(OCCC#N)OC[C@@H]1CC[C@H](n2cnc3c(NC(=O)c4ccccc4)ncnc32)O1.